The molecule has 1 aromatic rings. The topological polar surface area (TPSA) is 29.3 Å². The SMILES string of the molecule is CC1CC1CN(C)CC(C)(C)C(N)c1ccccc1. The lowest BCUT2D eigenvalue weighted by atomic mass is 9.80. The van der Waals surface area contributed by atoms with Crippen LogP contribution in [0.5, 0.6) is 0 Å². The fourth-order valence-corrected chi connectivity index (χ4v) is 3.02. The van der Waals surface area contributed by atoms with Crippen LogP contribution in [-0.2, 0) is 0 Å². The summed E-state index contributed by atoms with van der Waals surface area (Å²) in [6.45, 7) is 9.16. The first-order valence-corrected chi connectivity index (χ1v) is 7.39. The summed E-state index contributed by atoms with van der Waals surface area (Å²) in [7, 11) is 2.23. The van der Waals surface area contributed by atoms with Crippen LogP contribution < -0.4 is 5.73 Å². The molecule has 3 unspecified atom stereocenters. The summed E-state index contributed by atoms with van der Waals surface area (Å²) in [5.41, 5.74) is 7.80. The molecule has 1 aliphatic rings. The molecule has 0 aliphatic heterocycles. The van der Waals surface area contributed by atoms with Crippen LogP contribution in [0, 0.1) is 17.3 Å². The van der Waals surface area contributed by atoms with Gasteiger partial charge in [0.2, 0.25) is 0 Å². The third kappa shape index (κ3) is 3.80. The predicted molar refractivity (Wildman–Crippen MR) is 81.9 cm³/mol. The molecule has 2 nitrogen and oxygen atoms in total. The minimum absolute atomic E-state index is 0.0905. The Balaban J connectivity index is 1.93. The Hall–Kier alpha value is -0.860. The molecular formula is C17H28N2. The molecule has 0 bridgehead atoms. The van der Waals surface area contributed by atoms with Gasteiger partial charge in [0.1, 0.15) is 0 Å². The molecule has 0 aromatic heterocycles. The largest absolute Gasteiger partial charge is 0.323 e. The van der Waals surface area contributed by atoms with Crippen LogP contribution in [0.3, 0.4) is 0 Å². The molecular weight excluding hydrogens is 232 g/mol. The second kappa shape index (κ2) is 5.64. The Kier molecular flexibility index (Phi) is 4.32. The van der Waals surface area contributed by atoms with Gasteiger partial charge < -0.3 is 10.6 Å². The maximum atomic E-state index is 6.47. The molecule has 19 heavy (non-hydrogen) atoms. The summed E-state index contributed by atoms with van der Waals surface area (Å²) >= 11 is 0. The Labute approximate surface area is 118 Å². The van der Waals surface area contributed by atoms with Crippen molar-refractivity contribution in [3.8, 4) is 0 Å². The van der Waals surface area contributed by atoms with Crippen molar-refractivity contribution in [2.24, 2.45) is 23.0 Å². The Bertz CT molecular complexity index is 399. The zero-order chi connectivity index (χ0) is 14.0. The van der Waals surface area contributed by atoms with E-state index in [0.717, 1.165) is 18.4 Å². The molecule has 0 amide bonds. The third-order valence-corrected chi connectivity index (χ3v) is 4.50. The first-order chi connectivity index (χ1) is 8.90. The van der Waals surface area contributed by atoms with Crippen LogP contribution in [0.25, 0.3) is 0 Å². The molecule has 1 fully saturated rings. The van der Waals surface area contributed by atoms with Gasteiger partial charge in [0.05, 0.1) is 0 Å². The lowest BCUT2D eigenvalue weighted by Crippen LogP contribution is -2.40. The van der Waals surface area contributed by atoms with Crippen LogP contribution in [0.4, 0.5) is 0 Å². The summed E-state index contributed by atoms with van der Waals surface area (Å²) in [6.07, 6.45) is 1.40. The lowest BCUT2D eigenvalue weighted by Gasteiger charge is -2.36. The Morgan fingerprint density at radius 3 is 2.42 bits per heavy atom. The van der Waals surface area contributed by atoms with E-state index in [4.69, 9.17) is 5.73 Å². The van der Waals surface area contributed by atoms with Crippen LogP contribution in [-0.4, -0.2) is 25.0 Å². The van der Waals surface area contributed by atoms with Gasteiger partial charge in [0.15, 0.2) is 0 Å². The number of nitrogens with zero attached hydrogens (tertiary/aromatic N) is 1. The highest BCUT2D eigenvalue weighted by Crippen LogP contribution is 2.39. The van der Waals surface area contributed by atoms with Crippen LogP contribution in [0.1, 0.15) is 38.8 Å². The Morgan fingerprint density at radius 2 is 1.89 bits per heavy atom. The highest BCUT2D eigenvalue weighted by Gasteiger charge is 2.35. The first-order valence-electron chi connectivity index (χ1n) is 7.39. The quantitative estimate of drug-likeness (QED) is 0.850. The zero-order valence-electron chi connectivity index (χ0n) is 12.8. The summed E-state index contributed by atoms with van der Waals surface area (Å²) < 4.78 is 0. The number of rotatable bonds is 6. The van der Waals surface area contributed by atoms with Crippen molar-refractivity contribution >= 4 is 0 Å². The van der Waals surface area contributed by atoms with E-state index in [1.807, 2.05) is 6.07 Å². The lowest BCUT2D eigenvalue weighted by molar-refractivity contribution is 0.171. The summed E-state index contributed by atoms with van der Waals surface area (Å²) in [4.78, 5) is 2.46. The second-order valence-corrected chi connectivity index (χ2v) is 7.05. The molecule has 1 aromatic carbocycles. The zero-order valence-corrected chi connectivity index (χ0v) is 12.8. The monoisotopic (exact) mass is 260 g/mol. The van der Waals surface area contributed by atoms with Gasteiger partial charge in [0, 0.05) is 19.1 Å². The van der Waals surface area contributed by atoms with E-state index in [0.29, 0.717) is 0 Å². The third-order valence-electron chi connectivity index (χ3n) is 4.50. The number of hydrogen-bond donors (Lipinski definition) is 1. The second-order valence-electron chi connectivity index (χ2n) is 7.05. The summed E-state index contributed by atoms with van der Waals surface area (Å²) in [5, 5.41) is 0. The molecule has 2 N–H and O–H groups in total. The van der Waals surface area contributed by atoms with E-state index in [9.17, 15) is 0 Å². The number of benzene rings is 1. The predicted octanol–water partition coefficient (Wildman–Crippen LogP) is 3.30. The van der Waals surface area contributed by atoms with Gasteiger partial charge in [-0.05, 0) is 36.3 Å². The Morgan fingerprint density at radius 1 is 1.32 bits per heavy atom. The molecule has 2 rings (SSSR count). The van der Waals surface area contributed by atoms with Gasteiger partial charge in [-0.3, -0.25) is 0 Å². The average molecular weight is 260 g/mol. The smallest absolute Gasteiger partial charge is 0.0359 e. The molecule has 0 radical (unpaired) electrons. The first kappa shape index (κ1) is 14.5. The maximum Gasteiger partial charge on any atom is 0.0359 e. The van der Waals surface area contributed by atoms with Gasteiger partial charge >= 0.3 is 0 Å². The summed E-state index contributed by atoms with van der Waals surface area (Å²) in [6, 6.07) is 10.5. The van der Waals surface area contributed by atoms with Crippen molar-refractivity contribution < 1.29 is 0 Å². The van der Waals surface area contributed by atoms with Crippen LogP contribution in [0.15, 0.2) is 30.3 Å². The van der Waals surface area contributed by atoms with Crippen molar-refractivity contribution in [1.82, 2.24) is 4.90 Å². The highest BCUT2D eigenvalue weighted by atomic mass is 15.1. The van der Waals surface area contributed by atoms with Gasteiger partial charge in [-0.1, -0.05) is 51.1 Å². The molecule has 106 valence electrons. The van der Waals surface area contributed by atoms with Gasteiger partial charge in [-0.2, -0.15) is 0 Å². The number of nitrogens with two attached hydrogens (primary N) is 1. The van der Waals surface area contributed by atoms with E-state index in [1.54, 1.807) is 0 Å². The maximum absolute atomic E-state index is 6.47. The van der Waals surface area contributed by atoms with Crippen molar-refractivity contribution in [1.29, 1.82) is 0 Å². The average Bonchev–Trinajstić information content (AvgIpc) is 3.04. The van der Waals surface area contributed by atoms with Gasteiger partial charge in [-0.25, -0.2) is 0 Å². The van der Waals surface area contributed by atoms with Gasteiger partial charge in [-0.15, -0.1) is 0 Å². The van der Waals surface area contributed by atoms with Crippen molar-refractivity contribution in [2.45, 2.75) is 33.2 Å². The molecule has 0 heterocycles. The van der Waals surface area contributed by atoms with Crippen molar-refractivity contribution in [2.75, 3.05) is 20.1 Å². The van der Waals surface area contributed by atoms with E-state index in [1.165, 1.54) is 18.5 Å². The number of hydrogen-bond acceptors (Lipinski definition) is 2. The summed E-state index contributed by atoms with van der Waals surface area (Å²) in [5.74, 6) is 1.84. The van der Waals surface area contributed by atoms with E-state index < -0.39 is 0 Å². The van der Waals surface area contributed by atoms with Crippen molar-refractivity contribution in [3.05, 3.63) is 35.9 Å². The molecule has 1 saturated carbocycles. The molecule has 0 spiro atoms. The minimum Gasteiger partial charge on any atom is -0.323 e. The molecule has 3 atom stereocenters. The van der Waals surface area contributed by atoms with E-state index in [2.05, 4.69) is 57.0 Å². The van der Waals surface area contributed by atoms with Crippen LogP contribution >= 0.6 is 0 Å². The molecule has 0 saturated heterocycles. The molecule has 1 aliphatic carbocycles. The fourth-order valence-electron chi connectivity index (χ4n) is 3.02. The van der Waals surface area contributed by atoms with E-state index in [-0.39, 0.29) is 11.5 Å². The van der Waals surface area contributed by atoms with Crippen LogP contribution in [0.2, 0.25) is 0 Å². The fraction of sp³-hybridized carbons (Fsp3) is 0.647. The molecule has 2 heteroatoms. The normalized spacial score (nSPS) is 24.5. The van der Waals surface area contributed by atoms with E-state index >= 15 is 0 Å². The van der Waals surface area contributed by atoms with Gasteiger partial charge in [0.25, 0.3) is 0 Å². The van der Waals surface area contributed by atoms with Crippen molar-refractivity contribution in [3.63, 3.8) is 0 Å². The standard InChI is InChI=1S/C17H28N2/c1-13-10-15(13)11-19(4)12-17(2,3)16(18)14-8-6-5-7-9-14/h5-9,13,15-16H,10-12,18H2,1-4H3. The minimum atomic E-state index is 0.0905. The highest BCUT2D eigenvalue weighted by molar-refractivity contribution is 5.20.